The van der Waals surface area contributed by atoms with E-state index in [4.69, 9.17) is 4.74 Å². The molecule has 0 spiro atoms. The molecule has 236 valence electrons. The summed E-state index contributed by atoms with van der Waals surface area (Å²) in [6.45, 7) is 9.00. The number of hydrogen-bond donors (Lipinski definition) is 0. The number of nitrogens with zero attached hydrogens (tertiary/aromatic N) is 5. The number of rotatable bonds is 13. The summed E-state index contributed by atoms with van der Waals surface area (Å²) in [6.07, 6.45) is 0. The molecule has 2 aromatic heterocycles. The number of ether oxygens (including phenoxy) is 1. The van der Waals surface area contributed by atoms with Crippen molar-refractivity contribution in [2.75, 3.05) is 26.2 Å². The van der Waals surface area contributed by atoms with Gasteiger partial charge in [0.2, 0.25) is 0 Å². The molecule has 0 saturated carbocycles. The third-order valence-electron chi connectivity index (χ3n) is 8.37. The predicted molar refractivity (Wildman–Crippen MR) is 181 cm³/mol. The van der Waals surface area contributed by atoms with Gasteiger partial charge in [0.15, 0.2) is 11.6 Å². The summed E-state index contributed by atoms with van der Waals surface area (Å²) in [4.78, 5) is 29.5. The molecule has 0 saturated heterocycles. The van der Waals surface area contributed by atoms with Crippen molar-refractivity contribution in [3.63, 3.8) is 0 Å². The number of ketones is 2. The number of aryl methyl sites for hydroxylation is 2. The second-order valence-corrected chi connectivity index (χ2v) is 11.7. The van der Waals surface area contributed by atoms with E-state index in [0.29, 0.717) is 42.0 Å². The van der Waals surface area contributed by atoms with Crippen molar-refractivity contribution in [2.24, 2.45) is 0 Å². The van der Waals surface area contributed by atoms with Crippen molar-refractivity contribution < 1.29 is 14.3 Å². The standard InChI is InChI=1S/C39H37N5O3/c1-27-20-36(29(3)43(27)34-14-10-31(22-40)11-15-34)38(45)24-42(18-19-47-26-33-8-6-5-7-9-33)25-39(46)37-21-28(2)44(30(37)4)35-16-12-32(23-41)13-17-35/h5-17,20-21H,18-19,24-26H2,1-4H3. The molecule has 5 rings (SSSR count). The van der Waals surface area contributed by atoms with Gasteiger partial charge in [0, 0.05) is 51.8 Å². The van der Waals surface area contributed by atoms with Gasteiger partial charge in [-0.25, -0.2) is 0 Å². The molecule has 0 fully saturated rings. The Bertz CT molecular complexity index is 1850. The number of hydrogen-bond acceptors (Lipinski definition) is 6. The lowest BCUT2D eigenvalue weighted by atomic mass is 10.1. The van der Waals surface area contributed by atoms with Crippen LogP contribution in [0.4, 0.5) is 0 Å². The van der Waals surface area contributed by atoms with Gasteiger partial charge in [-0.05, 0) is 93.9 Å². The highest BCUT2D eigenvalue weighted by atomic mass is 16.5. The highest BCUT2D eigenvalue weighted by Gasteiger charge is 2.23. The maximum absolute atomic E-state index is 13.8. The second kappa shape index (κ2) is 14.7. The largest absolute Gasteiger partial charge is 0.375 e. The maximum Gasteiger partial charge on any atom is 0.178 e. The molecule has 0 unspecified atom stereocenters. The van der Waals surface area contributed by atoms with E-state index in [1.54, 1.807) is 24.3 Å². The zero-order chi connectivity index (χ0) is 33.5. The van der Waals surface area contributed by atoms with Gasteiger partial charge in [-0.15, -0.1) is 0 Å². The third-order valence-corrected chi connectivity index (χ3v) is 8.37. The Morgan fingerprint density at radius 2 is 1.13 bits per heavy atom. The van der Waals surface area contributed by atoms with Gasteiger partial charge in [-0.2, -0.15) is 10.5 Å². The van der Waals surface area contributed by atoms with Crippen LogP contribution in [0.5, 0.6) is 0 Å². The molecule has 0 amide bonds. The summed E-state index contributed by atoms with van der Waals surface area (Å²) in [5, 5.41) is 18.4. The predicted octanol–water partition coefficient (Wildman–Crippen LogP) is 6.83. The van der Waals surface area contributed by atoms with Gasteiger partial charge in [0.1, 0.15) is 0 Å². The van der Waals surface area contributed by atoms with Crippen molar-refractivity contribution in [1.82, 2.24) is 14.0 Å². The molecule has 8 heteroatoms. The number of carbonyl (C=O) groups excluding carboxylic acids is 2. The van der Waals surface area contributed by atoms with E-state index in [0.717, 1.165) is 39.7 Å². The first-order valence-corrected chi connectivity index (χ1v) is 15.5. The lowest BCUT2D eigenvalue weighted by molar-refractivity contribution is 0.0739. The molecular weight excluding hydrogens is 586 g/mol. The van der Waals surface area contributed by atoms with Crippen LogP contribution in [-0.2, 0) is 11.3 Å². The minimum absolute atomic E-state index is 0.0481. The van der Waals surface area contributed by atoms with Gasteiger partial charge >= 0.3 is 0 Å². The van der Waals surface area contributed by atoms with E-state index >= 15 is 0 Å². The summed E-state index contributed by atoms with van der Waals surface area (Å²) in [7, 11) is 0. The Hall–Kier alpha value is -5.54. The quantitative estimate of drug-likeness (QED) is 0.105. The van der Waals surface area contributed by atoms with Crippen LogP contribution in [0, 0.1) is 50.4 Å². The number of benzene rings is 3. The first-order valence-electron chi connectivity index (χ1n) is 15.5. The smallest absolute Gasteiger partial charge is 0.178 e. The maximum atomic E-state index is 13.8. The average molecular weight is 624 g/mol. The third kappa shape index (κ3) is 7.48. The molecular formula is C39H37N5O3. The van der Waals surface area contributed by atoms with Crippen molar-refractivity contribution in [2.45, 2.75) is 34.3 Å². The zero-order valence-corrected chi connectivity index (χ0v) is 27.2. The summed E-state index contributed by atoms with van der Waals surface area (Å²) in [5.74, 6) is -0.172. The van der Waals surface area contributed by atoms with Crippen LogP contribution in [0.1, 0.15) is 60.2 Å². The molecule has 0 radical (unpaired) electrons. The van der Waals surface area contributed by atoms with Gasteiger partial charge < -0.3 is 13.9 Å². The normalized spacial score (nSPS) is 11.0. The van der Waals surface area contributed by atoms with Crippen LogP contribution in [-0.4, -0.2) is 51.8 Å². The minimum Gasteiger partial charge on any atom is -0.375 e. The second-order valence-electron chi connectivity index (χ2n) is 11.7. The summed E-state index contributed by atoms with van der Waals surface area (Å²) in [5.41, 5.74) is 8.52. The number of aromatic nitrogens is 2. The highest BCUT2D eigenvalue weighted by molar-refractivity contribution is 6.01. The van der Waals surface area contributed by atoms with E-state index in [9.17, 15) is 20.1 Å². The highest BCUT2D eigenvalue weighted by Crippen LogP contribution is 2.24. The zero-order valence-electron chi connectivity index (χ0n) is 27.2. The summed E-state index contributed by atoms with van der Waals surface area (Å²) < 4.78 is 9.96. The number of carbonyl (C=O) groups is 2. The number of Topliss-reactive ketones (excluding diaryl/α,β-unsaturated/α-hetero) is 2. The van der Waals surface area contributed by atoms with Gasteiger partial charge in [0.05, 0.1) is 49.6 Å². The van der Waals surface area contributed by atoms with Gasteiger partial charge in [-0.1, -0.05) is 30.3 Å². The molecule has 0 bridgehead atoms. The Labute approximate surface area is 275 Å². The fraction of sp³-hybridized carbons (Fsp3) is 0.231. The fourth-order valence-electron chi connectivity index (χ4n) is 6.00. The first-order chi connectivity index (χ1) is 22.7. The van der Waals surface area contributed by atoms with E-state index in [2.05, 4.69) is 12.1 Å². The van der Waals surface area contributed by atoms with E-state index in [1.165, 1.54) is 0 Å². The van der Waals surface area contributed by atoms with Crippen molar-refractivity contribution in [3.05, 3.63) is 142 Å². The lowest BCUT2D eigenvalue weighted by Gasteiger charge is -2.21. The molecule has 0 atom stereocenters. The minimum atomic E-state index is -0.0862. The fourth-order valence-corrected chi connectivity index (χ4v) is 6.00. The Kier molecular flexibility index (Phi) is 10.3. The van der Waals surface area contributed by atoms with Crippen molar-refractivity contribution in [3.8, 4) is 23.5 Å². The van der Waals surface area contributed by atoms with Crippen molar-refractivity contribution >= 4 is 11.6 Å². The molecule has 2 heterocycles. The molecule has 0 aliphatic rings. The Balaban J connectivity index is 1.36. The van der Waals surface area contributed by atoms with E-state index < -0.39 is 0 Å². The van der Waals surface area contributed by atoms with Crippen LogP contribution in [0.2, 0.25) is 0 Å². The van der Waals surface area contributed by atoms with Gasteiger partial charge in [0.25, 0.3) is 0 Å². The Morgan fingerprint density at radius 3 is 1.55 bits per heavy atom. The van der Waals surface area contributed by atoms with Crippen LogP contribution in [0.3, 0.4) is 0 Å². The van der Waals surface area contributed by atoms with Crippen LogP contribution < -0.4 is 0 Å². The van der Waals surface area contributed by atoms with Crippen LogP contribution in [0.25, 0.3) is 11.4 Å². The van der Waals surface area contributed by atoms with E-state index in [1.807, 2.05) is 108 Å². The van der Waals surface area contributed by atoms with Crippen molar-refractivity contribution in [1.29, 1.82) is 10.5 Å². The molecule has 47 heavy (non-hydrogen) atoms. The monoisotopic (exact) mass is 623 g/mol. The first kappa shape index (κ1) is 32.8. The number of nitriles is 2. The SMILES string of the molecule is Cc1cc(C(=O)CN(CCOCc2ccccc2)CC(=O)c2cc(C)n(-c3ccc(C#N)cc3)c2C)c(C)n1-c1ccc(C#N)cc1. The average Bonchev–Trinajstić information content (AvgIpc) is 3.56. The van der Waals surface area contributed by atoms with Crippen LogP contribution >= 0.6 is 0 Å². The summed E-state index contributed by atoms with van der Waals surface area (Å²) >= 11 is 0. The topological polar surface area (TPSA) is 104 Å². The molecule has 0 N–H and O–H groups in total. The van der Waals surface area contributed by atoms with Crippen LogP contribution in [0.15, 0.2) is 91.0 Å². The molecule has 3 aromatic carbocycles. The van der Waals surface area contributed by atoms with Gasteiger partial charge in [-0.3, -0.25) is 14.5 Å². The molecule has 0 aliphatic carbocycles. The Morgan fingerprint density at radius 1 is 0.681 bits per heavy atom. The van der Waals surface area contributed by atoms with E-state index in [-0.39, 0.29) is 24.7 Å². The lowest BCUT2D eigenvalue weighted by Crippen LogP contribution is -2.37. The molecule has 5 aromatic rings. The summed E-state index contributed by atoms with van der Waals surface area (Å²) in [6, 6.07) is 32.5. The molecule has 8 nitrogen and oxygen atoms in total. The molecule has 0 aliphatic heterocycles.